The molecule has 1 N–H and O–H groups in total. The number of piperidine rings is 1. The van der Waals surface area contributed by atoms with Crippen LogP contribution in [0.4, 0.5) is 0 Å². The van der Waals surface area contributed by atoms with Crippen molar-refractivity contribution in [3.63, 3.8) is 0 Å². The van der Waals surface area contributed by atoms with Crippen LogP contribution in [0.3, 0.4) is 0 Å². The van der Waals surface area contributed by atoms with Crippen LogP contribution in [0.2, 0.25) is 0 Å². The van der Waals surface area contributed by atoms with Crippen LogP contribution < -0.4 is 5.32 Å². The zero-order chi connectivity index (χ0) is 20.1. The van der Waals surface area contributed by atoms with Crippen molar-refractivity contribution in [1.82, 2.24) is 9.62 Å². The number of sulfonamides is 1. The molecule has 1 aromatic heterocycles. The van der Waals surface area contributed by atoms with E-state index in [9.17, 15) is 13.2 Å². The molecule has 1 aliphatic heterocycles. The lowest BCUT2D eigenvalue weighted by atomic mass is 9.93. The number of nitrogens with zero attached hydrogens (tertiary/aromatic N) is 1. The molecule has 0 spiro atoms. The lowest BCUT2D eigenvalue weighted by Gasteiger charge is -2.31. The van der Waals surface area contributed by atoms with E-state index in [0.29, 0.717) is 36.1 Å². The molecule has 2 aromatic rings. The smallest absolute Gasteiger partial charge is 0.252 e. The Balaban J connectivity index is 1.61. The van der Waals surface area contributed by atoms with Gasteiger partial charge in [0.25, 0.3) is 10.0 Å². The van der Waals surface area contributed by atoms with Gasteiger partial charge in [-0.15, -0.1) is 11.3 Å². The maximum atomic E-state index is 12.9. The Bertz CT molecular complexity index is 856. The molecule has 5 nitrogen and oxygen atoms in total. The fourth-order valence-corrected chi connectivity index (χ4v) is 6.23. The van der Waals surface area contributed by atoms with Gasteiger partial charge in [-0.3, -0.25) is 4.79 Å². The molecule has 1 fully saturated rings. The second kappa shape index (κ2) is 9.20. The molecule has 0 unspecified atom stereocenters. The maximum Gasteiger partial charge on any atom is 0.252 e. The topological polar surface area (TPSA) is 66.5 Å². The monoisotopic (exact) mass is 420 g/mol. The highest BCUT2D eigenvalue weighted by Crippen LogP contribution is 2.28. The van der Waals surface area contributed by atoms with E-state index < -0.39 is 10.0 Å². The molecule has 28 heavy (non-hydrogen) atoms. The van der Waals surface area contributed by atoms with Gasteiger partial charge in [0.05, 0.1) is 6.04 Å². The summed E-state index contributed by atoms with van der Waals surface area (Å²) in [4.78, 5) is 12.9. The highest BCUT2D eigenvalue weighted by Gasteiger charge is 2.33. The van der Waals surface area contributed by atoms with Crippen molar-refractivity contribution in [2.24, 2.45) is 11.8 Å². The van der Waals surface area contributed by atoms with Crippen molar-refractivity contribution in [2.45, 2.75) is 43.4 Å². The average molecular weight is 421 g/mol. The third kappa shape index (κ3) is 5.01. The lowest BCUT2D eigenvalue weighted by Crippen LogP contribution is -2.43. The van der Waals surface area contributed by atoms with E-state index in [1.165, 1.54) is 15.6 Å². The predicted molar refractivity (Wildman–Crippen MR) is 113 cm³/mol. The highest BCUT2D eigenvalue weighted by atomic mass is 32.2. The van der Waals surface area contributed by atoms with Gasteiger partial charge in [0.15, 0.2) is 0 Å². The number of amides is 1. The quantitative estimate of drug-likeness (QED) is 0.735. The van der Waals surface area contributed by atoms with Crippen LogP contribution in [-0.2, 0) is 14.8 Å². The Kier molecular flexibility index (Phi) is 6.91. The normalized spacial score (nSPS) is 17.5. The number of rotatable bonds is 7. The first-order chi connectivity index (χ1) is 13.4. The predicted octanol–water partition coefficient (Wildman–Crippen LogP) is 4.05. The largest absolute Gasteiger partial charge is 0.349 e. The van der Waals surface area contributed by atoms with E-state index >= 15 is 0 Å². The van der Waals surface area contributed by atoms with Crippen molar-refractivity contribution in [1.29, 1.82) is 0 Å². The summed E-state index contributed by atoms with van der Waals surface area (Å²) in [5.74, 6) is 0.346. The van der Waals surface area contributed by atoms with E-state index in [1.807, 2.05) is 30.3 Å². The third-order valence-electron chi connectivity index (χ3n) is 5.14. The van der Waals surface area contributed by atoms with Crippen LogP contribution in [0.15, 0.2) is 52.1 Å². The average Bonchev–Trinajstić information content (AvgIpc) is 3.23. The van der Waals surface area contributed by atoms with Crippen LogP contribution in [0.25, 0.3) is 0 Å². The van der Waals surface area contributed by atoms with E-state index in [0.717, 1.165) is 12.0 Å². The van der Waals surface area contributed by atoms with Crippen molar-refractivity contribution in [3.8, 4) is 0 Å². The number of carbonyl (C=O) groups excluding carboxylic acids is 1. The maximum absolute atomic E-state index is 12.9. The standard InChI is InChI=1S/C21H28N2O3S2/c1-16(2)15-19(17-7-4-3-5-8-17)22-21(24)18-10-12-23(13-11-18)28(25,26)20-9-6-14-27-20/h3-9,14,16,18-19H,10-13,15H2,1-2H3,(H,22,24)/t19-/m0/s1. The van der Waals surface area contributed by atoms with E-state index in [1.54, 1.807) is 17.5 Å². The fraction of sp³-hybridized carbons (Fsp3) is 0.476. The number of benzene rings is 1. The minimum absolute atomic E-state index is 0.0124. The number of hydrogen-bond donors (Lipinski definition) is 1. The van der Waals surface area contributed by atoms with Crippen LogP contribution in [0, 0.1) is 11.8 Å². The van der Waals surface area contributed by atoms with Gasteiger partial charge < -0.3 is 5.32 Å². The Morgan fingerprint density at radius 1 is 1.14 bits per heavy atom. The zero-order valence-electron chi connectivity index (χ0n) is 16.4. The molecule has 1 saturated heterocycles. The fourth-order valence-electron chi connectivity index (χ4n) is 3.62. The second-order valence-electron chi connectivity index (χ2n) is 7.71. The SMILES string of the molecule is CC(C)C[C@H](NC(=O)C1CCN(S(=O)(=O)c2cccs2)CC1)c1ccccc1. The molecule has 1 atom stereocenters. The summed E-state index contributed by atoms with van der Waals surface area (Å²) in [6.45, 7) is 5.07. The number of nitrogens with one attached hydrogen (secondary N) is 1. The van der Waals surface area contributed by atoms with Gasteiger partial charge in [0.2, 0.25) is 5.91 Å². The van der Waals surface area contributed by atoms with Gasteiger partial charge in [-0.2, -0.15) is 4.31 Å². The summed E-state index contributed by atoms with van der Waals surface area (Å²) in [6, 6.07) is 13.4. The lowest BCUT2D eigenvalue weighted by molar-refractivity contribution is -0.127. The summed E-state index contributed by atoms with van der Waals surface area (Å²) in [5, 5.41) is 4.98. The van der Waals surface area contributed by atoms with Crippen LogP contribution >= 0.6 is 11.3 Å². The molecule has 2 heterocycles. The van der Waals surface area contributed by atoms with Crippen molar-refractivity contribution >= 4 is 27.3 Å². The Hall–Kier alpha value is -1.70. The van der Waals surface area contributed by atoms with Gasteiger partial charge in [0.1, 0.15) is 4.21 Å². The minimum atomic E-state index is -3.43. The second-order valence-corrected chi connectivity index (χ2v) is 10.8. The minimum Gasteiger partial charge on any atom is -0.349 e. The summed E-state index contributed by atoms with van der Waals surface area (Å²) >= 11 is 1.23. The first-order valence-corrected chi connectivity index (χ1v) is 12.1. The molecule has 152 valence electrons. The van der Waals surface area contributed by atoms with Crippen molar-refractivity contribution in [3.05, 3.63) is 53.4 Å². The molecule has 1 aromatic carbocycles. The van der Waals surface area contributed by atoms with Crippen LogP contribution in [0.5, 0.6) is 0 Å². The Labute approximate surface area is 171 Å². The van der Waals surface area contributed by atoms with Gasteiger partial charge in [-0.05, 0) is 42.2 Å². The van der Waals surface area contributed by atoms with Crippen LogP contribution in [0.1, 0.15) is 44.7 Å². The molecule has 0 aliphatic carbocycles. The zero-order valence-corrected chi connectivity index (χ0v) is 18.0. The molecular weight excluding hydrogens is 392 g/mol. The summed E-state index contributed by atoms with van der Waals surface area (Å²) in [7, 11) is -3.43. The van der Waals surface area contributed by atoms with E-state index in [-0.39, 0.29) is 17.9 Å². The number of carbonyl (C=O) groups is 1. The van der Waals surface area contributed by atoms with Gasteiger partial charge in [-0.1, -0.05) is 50.2 Å². The first kappa shape index (κ1) is 21.0. The molecule has 3 rings (SSSR count). The summed E-state index contributed by atoms with van der Waals surface area (Å²) < 4.78 is 27.2. The highest BCUT2D eigenvalue weighted by molar-refractivity contribution is 7.91. The number of thiophene rings is 1. The molecule has 0 bridgehead atoms. The van der Waals surface area contributed by atoms with Gasteiger partial charge in [-0.25, -0.2) is 8.42 Å². The van der Waals surface area contributed by atoms with Gasteiger partial charge in [0, 0.05) is 19.0 Å². The summed E-state index contributed by atoms with van der Waals surface area (Å²) in [5.41, 5.74) is 1.11. The van der Waals surface area contributed by atoms with Gasteiger partial charge >= 0.3 is 0 Å². The number of hydrogen-bond acceptors (Lipinski definition) is 4. The van der Waals surface area contributed by atoms with E-state index in [4.69, 9.17) is 0 Å². The van der Waals surface area contributed by atoms with Crippen LogP contribution in [-0.4, -0.2) is 31.7 Å². The molecule has 1 amide bonds. The van der Waals surface area contributed by atoms with Crippen molar-refractivity contribution < 1.29 is 13.2 Å². The molecule has 1 aliphatic rings. The molecule has 7 heteroatoms. The van der Waals surface area contributed by atoms with E-state index in [2.05, 4.69) is 19.2 Å². The molecular formula is C21H28N2O3S2. The first-order valence-electron chi connectivity index (χ1n) is 9.77. The van der Waals surface area contributed by atoms with Crippen molar-refractivity contribution in [2.75, 3.05) is 13.1 Å². The molecule has 0 radical (unpaired) electrons. The third-order valence-corrected chi connectivity index (χ3v) is 8.41. The Morgan fingerprint density at radius 2 is 1.82 bits per heavy atom. The molecule has 0 saturated carbocycles. The summed E-state index contributed by atoms with van der Waals surface area (Å²) in [6.07, 6.45) is 1.99. The Morgan fingerprint density at radius 3 is 2.39 bits per heavy atom.